The van der Waals surface area contributed by atoms with E-state index in [1.54, 1.807) is 4.68 Å². The first-order valence-electron chi connectivity index (χ1n) is 9.19. The SMILES string of the molecule is CC(C)[C@H](c1nc(-c2cc(Cl)ccc2F)nn1Cc1ccccc1)C(O)C(N)=O. The van der Waals surface area contributed by atoms with Crippen LogP contribution < -0.4 is 5.73 Å². The van der Waals surface area contributed by atoms with Gasteiger partial charge in [0.15, 0.2) is 5.82 Å². The van der Waals surface area contributed by atoms with Crippen LogP contribution in [0.25, 0.3) is 11.4 Å². The van der Waals surface area contributed by atoms with Crippen LogP contribution in [0.15, 0.2) is 48.5 Å². The van der Waals surface area contributed by atoms with Gasteiger partial charge in [-0.15, -0.1) is 0 Å². The highest BCUT2D eigenvalue weighted by atomic mass is 35.5. The second kappa shape index (κ2) is 8.71. The van der Waals surface area contributed by atoms with E-state index in [0.717, 1.165) is 5.56 Å². The number of aromatic nitrogens is 3. The fourth-order valence-corrected chi connectivity index (χ4v) is 3.41. The third kappa shape index (κ3) is 4.63. The highest BCUT2D eigenvalue weighted by Crippen LogP contribution is 2.31. The maximum atomic E-state index is 14.4. The summed E-state index contributed by atoms with van der Waals surface area (Å²) in [7, 11) is 0. The minimum absolute atomic E-state index is 0.123. The largest absolute Gasteiger partial charge is 0.382 e. The van der Waals surface area contributed by atoms with Crippen LogP contribution in [0.3, 0.4) is 0 Å². The lowest BCUT2D eigenvalue weighted by Crippen LogP contribution is -2.37. The van der Waals surface area contributed by atoms with Crippen molar-refractivity contribution in [3.63, 3.8) is 0 Å². The van der Waals surface area contributed by atoms with Crippen molar-refractivity contribution < 1.29 is 14.3 Å². The minimum atomic E-state index is -1.45. The average molecular weight is 417 g/mol. The monoisotopic (exact) mass is 416 g/mol. The molecule has 0 saturated carbocycles. The quantitative estimate of drug-likeness (QED) is 0.617. The number of amides is 1. The molecule has 1 unspecified atom stereocenters. The lowest BCUT2D eigenvalue weighted by atomic mass is 9.89. The second-order valence-electron chi connectivity index (χ2n) is 7.18. The van der Waals surface area contributed by atoms with Crippen LogP contribution in [-0.2, 0) is 11.3 Å². The van der Waals surface area contributed by atoms with E-state index < -0.39 is 23.7 Å². The predicted molar refractivity (Wildman–Crippen MR) is 109 cm³/mol. The molecule has 3 rings (SSSR count). The number of aliphatic hydroxyl groups is 1. The molecule has 29 heavy (non-hydrogen) atoms. The number of rotatable bonds is 7. The molecule has 1 amide bonds. The van der Waals surface area contributed by atoms with E-state index >= 15 is 0 Å². The smallest absolute Gasteiger partial charge is 0.247 e. The second-order valence-corrected chi connectivity index (χ2v) is 7.61. The first-order valence-corrected chi connectivity index (χ1v) is 9.57. The first-order chi connectivity index (χ1) is 13.8. The average Bonchev–Trinajstić information content (AvgIpc) is 3.07. The fraction of sp³-hybridized carbons (Fsp3) is 0.286. The van der Waals surface area contributed by atoms with Crippen LogP contribution in [0.1, 0.15) is 31.2 Å². The molecule has 0 spiro atoms. The molecule has 0 bridgehead atoms. The molecular weight excluding hydrogens is 395 g/mol. The lowest BCUT2D eigenvalue weighted by molar-refractivity contribution is -0.127. The molecule has 3 N–H and O–H groups in total. The Hall–Kier alpha value is -2.77. The zero-order chi connectivity index (χ0) is 21.1. The lowest BCUT2D eigenvalue weighted by Gasteiger charge is -2.24. The molecule has 0 fully saturated rings. The fourth-order valence-electron chi connectivity index (χ4n) is 3.24. The zero-order valence-electron chi connectivity index (χ0n) is 16.1. The number of benzene rings is 2. The van der Waals surface area contributed by atoms with Crippen LogP contribution in [0.4, 0.5) is 4.39 Å². The van der Waals surface area contributed by atoms with Crippen molar-refractivity contribution in [3.05, 3.63) is 70.8 Å². The van der Waals surface area contributed by atoms with E-state index in [2.05, 4.69) is 10.1 Å². The van der Waals surface area contributed by atoms with Crippen molar-refractivity contribution in [2.75, 3.05) is 0 Å². The van der Waals surface area contributed by atoms with Gasteiger partial charge < -0.3 is 10.8 Å². The van der Waals surface area contributed by atoms with E-state index in [1.807, 2.05) is 44.2 Å². The van der Waals surface area contributed by atoms with Gasteiger partial charge >= 0.3 is 0 Å². The molecule has 8 heteroatoms. The molecule has 6 nitrogen and oxygen atoms in total. The van der Waals surface area contributed by atoms with Crippen LogP contribution >= 0.6 is 11.6 Å². The van der Waals surface area contributed by atoms with Gasteiger partial charge in [0.05, 0.1) is 18.0 Å². The molecule has 3 aromatic rings. The maximum Gasteiger partial charge on any atom is 0.247 e. The standard InChI is InChI=1S/C21H22ClFN4O2/c1-12(2)17(18(28)19(24)29)21-25-20(15-10-14(22)8-9-16(15)23)26-27(21)11-13-6-4-3-5-7-13/h3-10,12,17-18,28H,11H2,1-2H3,(H2,24,29)/t17-,18?/m0/s1. The molecule has 2 aromatic carbocycles. The third-order valence-electron chi connectivity index (χ3n) is 4.69. The zero-order valence-corrected chi connectivity index (χ0v) is 16.8. The number of hydrogen-bond acceptors (Lipinski definition) is 4. The Morgan fingerprint density at radius 2 is 1.93 bits per heavy atom. The summed E-state index contributed by atoms with van der Waals surface area (Å²) >= 11 is 6.02. The van der Waals surface area contributed by atoms with E-state index in [4.69, 9.17) is 17.3 Å². The van der Waals surface area contributed by atoms with Gasteiger partial charge in [-0.1, -0.05) is 55.8 Å². The molecular formula is C21H22ClFN4O2. The maximum absolute atomic E-state index is 14.4. The predicted octanol–water partition coefficient (Wildman–Crippen LogP) is 3.37. The first kappa shape index (κ1) is 21.0. The van der Waals surface area contributed by atoms with Crippen LogP contribution in [0.2, 0.25) is 5.02 Å². The Bertz CT molecular complexity index is 1010. The van der Waals surface area contributed by atoms with Crippen LogP contribution in [0.5, 0.6) is 0 Å². The third-order valence-corrected chi connectivity index (χ3v) is 4.93. The number of aliphatic hydroxyl groups excluding tert-OH is 1. The van der Waals surface area contributed by atoms with Crippen molar-refractivity contribution in [1.29, 1.82) is 0 Å². The van der Waals surface area contributed by atoms with Gasteiger partial charge in [0, 0.05) is 5.02 Å². The molecule has 1 heterocycles. The Kier molecular flexibility index (Phi) is 6.30. The van der Waals surface area contributed by atoms with Crippen LogP contribution in [-0.4, -0.2) is 31.9 Å². The minimum Gasteiger partial charge on any atom is -0.382 e. The number of hydrogen-bond donors (Lipinski definition) is 2. The van der Waals surface area contributed by atoms with Crippen molar-refractivity contribution in [3.8, 4) is 11.4 Å². The van der Waals surface area contributed by atoms with Crippen molar-refractivity contribution in [2.45, 2.75) is 32.4 Å². The summed E-state index contributed by atoms with van der Waals surface area (Å²) in [5.74, 6) is -1.78. The topological polar surface area (TPSA) is 94.0 Å². The van der Waals surface area contributed by atoms with E-state index in [9.17, 15) is 14.3 Å². The number of carbonyl (C=O) groups excluding carboxylic acids is 1. The number of primary amides is 1. The number of nitrogens with two attached hydrogens (primary N) is 1. The molecule has 152 valence electrons. The summed E-state index contributed by atoms with van der Waals surface area (Å²) in [5, 5.41) is 15.2. The van der Waals surface area contributed by atoms with Gasteiger partial charge in [-0.05, 0) is 29.7 Å². The Labute approximate surface area is 173 Å². The molecule has 1 aromatic heterocycles. The normalized spacial score (nSPS) is 13.4. The molecule has 0 aliphatic heterocycles. The van der Waals surface area contributed by atoms with E-state index in [0.29, 0.717) is 17.4 Å². The van der Waals surface area contributed by atoms with Gasteiger partial charge in [-0.2, -0.15) is 5.10 Å². The van der Waals surface area contributed by atoms with Gasteiger partial charge in [0.1, 0.15) is 17.7 Å². The highest BCUT2D eigenvalue weighted by Gasteiger charge is 2.33. The van der Waals surface area contributed by atoms with E-state index in [1.165, 1.54) is 18.2 Å². The summed E-state index contributed by atoms with van der Waals surface area (Å²) in [6, 6.07) is 13.6. The Balaban J connectivity index is 2.15. The van der Waals surface area contributed by atoms with Gasteiger partial charge in [0.2, 0.25) is 5.91 Å². The summed E-state index contributed by atoms with van der Waals surface area (Å²) in [6.07, 6.45) is -1.45. The van der Waals surface area contributed by atoms with Crippen molar-refractivity contribution in [2.24, 2.45) is 11.7 Å². The summed E-state index contributed by atoms with van der Waals surface area (Å²) < 4.78 is 16.0. The van der Waals surface area contributed by atoms with Crippen molar-refractivity contribution >= 4 is 17.5 Å². The van der Waals surface area contributed by atoms with Crippen molar-refractivity contribution in [1.82, 2.24) is 14.8 Å². The summed E-state index contributed by atoms with van der Waals surface area (Å²) in [5.41, 5.74) is 6.43. The van der Waals surface area contributed by atoms with Gasteiger partial charge in [-0.3, -0.25) is 4.79 Å². The number of halogens is 2. The highest BCUT2D eigenvalue weighted by molar-refractivity contribution is 6.30. The molecule has 0 aliphatic carbocycles. The number of nitrogens with zero attached hydrogens (tertiary/aromatic N) is 3. The van der Waals surface area contributed by atoms with Gasteiger partial charge in [-0.25, -0.2) is 14.1 Å². The Morgan fingerprint density at radius 3 is 2.55 bits per heavy atom. The number of carbonyl (C=O) groups is 1. The molecule has 0 aliphatic rings. The van der Waals surface area contributed by atoms with E-state index in [-0.39, 0.29) is 17.3 Å². The molecule has 2 atom stereocenters. The van der Waals surface area contributed by atoms with Gasteiger partial charge in [0.25, 0.3) is 0 Å². The Morgan fingerprint density at radius 1 is 1.24 bits per heavy atom. The van der Waals surface area contributed by atoms with Crippen LogP contribution in [0, 0.1) is 11.7 Å². The summed E-state index contributed by atoms with van der Waals surface area (Å²) in [4.78, 5) is 16.2. The molecule has 0 saturated heterocycles. The molecule has 0 radical (unpaired) electrons. The summed E-state index contributed by atoms with van der Waals surface area (Å²) in [6.45, 7) is 4.02.